The third-order valence-electron chi connectivity index (χ3n) is 4.46. The normalized spacial score (nSPS) is 19.7. The van der Waals surface area contributed by atoms with Crippen molar-refractivity contribution in [3.63, 3.8) is 0 Å². The molecule has 0 bridgehead atoms. The van der Waals surface area contributed by atoms with E-state index in [0.717, 1.165) is 4.31 Å². The highest BCUT2D eigenvalue weighted by molar-refractivity contribution is 7.89. The van der Waals surface area contributed by atoms with E-state index >= 15 is 0 Å². The van der Waals surface area contributed by atoms with Gasteiger partial charge in [0.2, 0.25) is 10.0 Å². The van der Waals surface area contributed by atoms with E-state index in [1.807, 2.05) is 0 Å². The molecule has 2 atom stereocenters. The standard InChI is InChI=1S/C16H21ClN2O5S/c1-11(16(21)22)18(2)25(23,24)14-7-4-8-19(10-14)15(20)12-5-3-6-13(17)9-12/h3,5-6,9,11,14H,4,7-8,10H2,1-2H3,(H,21,22). The van der Waals surface area contributed by atoms with E-state index in [0.29, 0.717) is 30.0 Å². The summed E-state index contributed by atoms with van der Waals surface area (Å²) in [6, 6.07) is 5.33. The molecule has 0 saturated carbocycles. The molecule has 1 fully saturated rings. The first kappa shape index (κ1) is 19.7. The van der Waals surface area contributed by atoms with Gasteiger partial charge in [-0.15, -0.1) is 0 Å². The highest BCUT2D eigenvalue weighted by Crippen LogP contribution is 2.23. The largest absolute Gasteiger partial charge is 0.480 e. The SMILES string of the molecule is CC(C(=O)O)N(C)S(=O)(=O)C1CCCN(C(=O)c2cccc(Cl)c2)C1. The number of piperidine rings is 1. The quantitative estimate of drug-likeness (QED) is 0.828. The minimum absolute atomic E-state index is 0.0321. The summed E-state index contributed by atoms with van der Waals surface area (Å²) in [5.74, 6) is -1.50. The van der Waals surface area contributed by atoms with Crippen LogP contribution in [0.4, 0.5) is 0 Å². The monoisotopic (exact) mass is 388 g/mol. The second-order valence-corrected chi connectivity index (χ2v) is 8.81. The Labute approximate surface area is 152 Å². The lowest BCUT2D eigenvalue weighted by Gasteiger charge is -2.35. The van der Waals surface area contributed by atoms with E-state index in [9.17, 15) is 18.0 Å². The molecular weight excluding hydrogens is 368 g/mol. The van der Waals surface area contributed by atoms with Crippen LogP contribution >= 0.6 is 11.6 Å². The first-order chi connectivity index (χ1) is 11.6. The van der Waals surface area contributed by atoms with E-state index < -0.39 is 27.3 Å². The number of amides is 1. The summed E-state index contributed by atoms with van der Waals surface area (Å²) in [5.41, 5.74) is 0.401. The summed E-state index contributed by atoms with van der Waals surface area (Å²) in [7, 11) is -2.57. The van der Waals surface area contributed by atoms with Crippen LogP contribution in [0.3, 0.4) is 0 Å². The molecule has 1 aliphatic rings. The lowest BCUT2D eigenvalue weighted by atomic mass is 10.1. The molecule has 0 aromatic heterocycles. The van der Waals surface area contributed by atoms with Crippen LogP contribution in [0, 0.1) is 0 Å². The number of carboxylic acid groups (broad SMARTS) is 1. The molecule has 2 unspecified atom stereocenters. The highest BCUT2D eigenvalue weighted by Gasteiger charge is 2.38. The summed E-state index contributed by atoms with van der Waals surface area (Å²) in [4.78, 5) is 25.2. The van der Waals surface area contributed by atoms with Crippen molar-refractivity contribution in [1.82, 2.24) is 9.21 Å². The zero-order valence-electron chi connectivity index (χ0n) is 14.1. The Morgan fingerprint density at radius 3 is 2.68 bits per heavy atom. The lowest BCUT2D eigenvalue weighted by Crippen LogP contribution is -2.51. The van der Waals surface area contributed by atoms with Gasteiger partial charge in [-0.1, -0.05) is 17.7 Å². The van der Waals surface area contributed by atoms with Gasteiger partial charge < -0.3 is 10.0 Å². The maximum Gasteiger partial charge on any atom is 0.321 e. The molecule has 25 heavy (non-hydrogen) atoms. The lowest BCUT2D eigenvalue weighted by molar-refractivity contribution is -0.140. The molecule has 1 amide bonds. The molecule has 1 aliphatic heterocycles. The molecular formula is C16H21ClN2O5S. The van der Waals surface area contributed by atoms with Crippen molar-refractivity contribution in [3.05, 3.63) is 34.9 Å². The molecule has 1 aromatic carbocycles. The van der Waals surface area contributed by atoms with E-state index in [1.165, 1.54) is 18.9 Å². The van der Waals surface area contributed by atoms with Crippen LogP contribution in [-0.4, -0.2) is 66.0 Å². The number of hydrogen-bond donors (Lipinski definition) is 1. The average Bonchev–Trinajstić information content (AvgIpc) is 2.59. The van der Waals surface area contributed by atoms with Gasteiger partial charge in [0, 0.05) is 30.7 Å². The molecule has 1 saturated heterocycles. The molecule has 0 radical (unpaired) electrons. The summed E-state index contributed by atoms with van der Waals surface area (Å²) in [6.45, 7) is 1.80. The second kappa shape index (κ2) is 7.72. The van der Waals surface area contributed by atoms with Gasteiger partial charge in [-0.2, -0.15) is 4.31 Å². The van der Waals surface area contributed by atoms with Crippen molar-refractivity contribution in [2.24, 2.45) is 0 Å². The van der Waals surface area contributed by atoms with Crippen molar-refractivity contribution in [1.29, 1.82) is 0 Å². The number of sulfonamides is 1. The number of carboxylic acids is 1. The van der Waals surface area contributed by atoms with E-state index in [2.05, 4.69) is 0 Å². The Morgan fingerprint density at radius 1 is 1.40 bits per heavy atom. The molecule has 0 aliphatic carbocycles. The summed E-state index contributed by atoms with van der Waals surface area (Å²) < 4.78 is 26.3. The third-order valence-corrected chi connectivity index (χ3v) is 7.04. The minimum Gasteiger partial charge on any atom is -0.480 e. The van der Waals surface area contributed by atoms with E-state index in [-0.39, 0.29) is 12.5 Å². The van der Waals surface area contributed by atoms with Gasteiger partial charge in [0.1, 0.15) is 6.04 Å². The van der Waals surface area contributed by atoms with Gasteiger partial charge in [0.15, 0.2) is 0 Å². The number of aliphatic carboxylic acids is 1. The molecule has 7 nitrogen and oxygen atoms in total. The van der Waals surface area contributed by atoms with Crippen molar-refractivity contribution in [3.8, 4) is 0 Å². The summed E-state index contributed by atoms with van der Waals surface area (Å²) >= 11 is 5.91. The first-order valence-electron chi connectivity index (χ1n) is 7.89. The first-order valence-corrected chi connectivity index (χ1v) is 9.77. The van der Waals surface area contributed by atoms with Gasteiger partial charge >= 0.3 is 5.97 Å². The maximum atomic E-state index is 12.7. The summed E-state index contributed by atoms with van der Waals surface area (Å²) in [5, 5.41) is 8.66. The van der Waals surface area contributed by atoms with Gasteiger partial charge in [-0.3, -0.25) is 9.59 Å². The number of likely N-dealkylation sites (N-methyl/N-ethyl adjacent to an activating group) is 1. The Morgan fingerprint density at radius 2 is 2.08 bits per heavy atom. The van der Waals surface area contributed by atoms with E-state index in [1.54, 1.807) is 24.3 Å². The number of likely N-dealkylation sites (tertiary alicyclic amines) is 1. The number of carbonyl (C=O) groups is 2. The van der Waals surface area contributed by atoms with Crippen molar-refractivity contribution in [2.75, 3.05) is 20.1 Å². The van der Waals surface area contributed by atoms with Crippen LogP contribution < -0.4 is 0 Å². The number of halogens is 1. The molecule has 0 spiro atoms. The van der Waals surface area contributed by atoms with Crippen molar-refractivity contribution >= 4 is 33.5 Å². The number of rotatable bonds is 5. The van der Waals surface area contributed by atoms with Crippen LogP contribution in [0.2, 0.25) is 5.02 Å². The fourth-order valence-corrected chi connectivity index (χ4v) is 4.81. The van der Waals surface area contributed by atoms with Gasteiger partial charge in [0.05, 0.1) is 5.25 Å². The Hall–Kier alpha value is -1.64. The second-order valence-electron chi connectivity index (χ2n) is 6.10. The molecule has 138 valence electrons. The molecule has 2 rings (SSSR count). The zero-order chi connectivity index (χ0) is 18.8. The maximum absolute atomic E-state index is 12.7. The van der Waals surface area contributed by atoms with Crippen molar-refractivity contribution < 1.29 is 23.1 Å². The number of nitrogens with zero attached hydrogens (tertiary/aromatic N) is 2. The van der Waals surface area contributed by atoms with Gasteiger partial charge in [0.25, 0.3) is 5.91 Å². The zero-order valence-corrected chi connectivity index (χ0v) is 15.6. The topological polar surface area (TPSA) is 95.0 Å². The van der Waals surface area contributed by atoms with Crippen molar-refractivity contribution in [2.45, 2.75) is 31.1 Å². The fourth-order valence-electron chi connectivity index (χ4n) is 2.78. The van der Waals surface area contributed by atoms with Crippen LogP contribution in [0.25, 0.3) is 0 Å². The predicted molar refractivity (Wildman–Crippen MR) is 94.2 cm³/mol. The van der Waals surface area contributed by atoms with Crippen LogP contribution in [0.5, 0.6) is 0 Å². The molecule has 1 heterocycles. The van der Waals surface area contributed by atoms with Gasteiger partial charge in [-0.25, -0.2) is 8.42 Å². The average molecular weight is 389 g/mol. The molecule has 1 aromatic rings. The number of carbonyl (C=O) groups excluding carboxylic acids is 1. The highest BCUT2D eigenvalue weighted by atomic mass is 35.5. The summed E-state index contributed by atoms with van der Waals surface area (Å²) in [6.07, 6.45) is 0.920. The van der Waals surface area contributed by atoms with E-state index in [4.69, 9.17) is 16.7 Å². The Bertz CT molecular complexity index is 768. The predicted octanol–water partition coefficient (Wildman–Crippen LogP) is 1.68. The van der Waals surface area contributed by atoms with Gasteiger partial charge in [-0.05, 0) is 38.0 Å². The Balaban J connectivity index is 2.17. The fraction of sp³-hybridized carbons (Fsp3) is 0.500. The van der Waals surface area contributed by atoms with Crippen LogP contribution in [0.15, 0.2) is 24.3 Å². The van der Waals surface area contributed by atoms with Crippen LogP contribution in [0.1, 0.15) is 30.1 Å². The third kappa shape index (κ3) is 4.31. The molecule has 9 heteroatoms. The number of benzene rings is 1. The number of hydrogen-bond acceptors (Lipinski definition) is 4. The smallest absolute Gasteiger partial charge is 0.321 e. The molecule has 1 N–H and O–H groups in total. The Kier molecular flexibility index (Phi) is 6.08. The minimum atomic E-state index is -3.83. The van der Waals surface area contributed by atoms with Crippen LogP contribution in [-0.2, 0) is 14.8 Å².